The maximum absolute atomic E-state index is 13.5. The number of aromatic carboxylic acids is 1. The smallest absolute Gasteiger partial charge is 0.354 e. The predicted molar refractivity (Wildman–Crippen MR) is 62.0 cm³/mol. The van der Waals surface area contributed by atoms with Crippen LogP contribution in [0, 0.1) is 11.6 Å². The van der Waals surface area contributed by atoms with Gasteiger partial charge in [0.25, 0.3) is 0 Å². The van der Waals surface area contributed by atoms with Crippen LogP contribution in [-0.4, -0.2) is 16.1 Å². The Labute approximate surface area is 106 Å². The summed E-state index contributed by atoms with van der Waals surface area (Å²) in [5.74, 6) is -3.31. The number of rotatable bonds is 3. The van der Waals surface area contributed by atoms with Crippen molar-refractivity contribution in [3.05, 3.63) is 47.8 Å². The number of hydrogen-bond donors (Lipinski definition) is 2. The van der Waals surface area contributed by atoms with Gasteiger partial charge >= 0.3 is 5.97 Å². The Morgan fingerprint density at radius 2 is 2.00 bits per heavy atom. The lowest BCUT2D eigenvalue weighted by molar-refractivity contribution is 0.0690. The third-order valence-electron chi connectivity index (χ3n) is 2.23. The standard InChI is InChI=1S/C12H8F2N2O3/c13-7-5-11(8(14)4-9(7)15)19-6-1-2-16-10(3-6)12(17)18/h1-5H,15H2,(H,17,18). The summed E-state index contributed by atoms with van der Waals surface area (Å²) < 4.78 is 31.7. The highest BCUT2D eigenvalue weighted by Gasteiger charge is 2.11. The fourth-order valence-corrected chi connectivity index (χ4v) is 1.34. The number of nitrogens with two attached hydrogens (primary N) is 1. The molecule has 0 aliphatic heterocycles. The number of benzene rings is 1. The molecule has 1 aromatic heterocycles. The van der Waals surface area contributed by atoms with E-state index in [9.17, 15) is 13.6 Å². The molecule has 7 heteroatoms. The molecule has 0 amide bonds. The Bertz CT molecular complexity index is 647. The summed E-state index contributed by atoms with van der Waals surface area (Å²) in [6.07, 6.45) is 1.18. The van der Waals surface area contributed by atoms with E-state index < -0.39 is 23.4 Å². The van der Waals surface area contributed by atoms with Gasteiger partial charge in [-0.3, -0.25) is 0 Å². The number of ether oxygens (including phenoxy) is 1. The van der Waals surface area contributed by atoms with E-state index in [0.29, 0.717) is 0 Å². The Morgan fingerprint density at radius 3 is 2.68 bits per heavy atom. The highest BCUT2D eigenvalue weighted by molar-refractivity contribution is 5.85. The first-order chi connectivity index (χ1) is 8.97. The van der Waals surface area contributed by atoms with Crippen LogP contribution < -0.4 is 10.5 Å². The number of carboxylic acid groups (broad SMARTS) is 1. The van der Waals surface area contributed by atoms with E-state index in [2.05, 4.69) is 4.98 Å². The minimum Gasteiger partial charge on any atom is -0.477 e. The van der Waals surface area contributed by atoms with Crippen LogP contribution in [-0.2, 0) is 0 Å². The molecule has 19 heavy (non-hydrogen) atoms. The summed E-state index contributed by atoms with van der Waals surface area (Å²) in [5, 5.41) is 8.74. The molecule has 0 unspecified atom stereocenters. The van der Waals surface area contributed by atoms with E-state index >= 15 is 0 Å². The molecular weight excluding hydrogens is 258 g/mol. The predicted octanol–water partition coefficient (Wildman–Crippen LogP) is 2.43. The Hall–Kier alpha value is -2.70. The molecule has 1 aromatic carbocycles. The molecule has 5 nitrogen and oxygen atoms in total. The lowest BCUT2D eigenvalue weighted by atomic mass is 10.2. The molecule has 3 N–H and O–H groups in total. The quantitative estimate of drug-likeness (QED) is 0.833. The molecule has 98 valence electrons. The number of carboxylic acids is 1. The summed E-state index contributed by atoms with van der Waals surface area (Å²) in [7, 11) is 0. The molecule has 0 fully saturated rings. The second-order valence-electron chi connectivity index (χ2n) is 3.59. The van der Waals surface area contributed by atoms with Crippen LogP contribution in [0.2, 0.25) is 0 Å². The van der Waals surface area contributed by atoms with Gasteiger partial charge in [-0.1, -0.05) is 0 Å². The lowest BCUT2D eigenvalue weighted by Gasteiger charge is -2.08. The van der Waals surface area contributed by atoms with Crippen molar-refractivity contribution in [2.75, 3.05) is 5.73 Å². The van der Waals surface area contributed by atoms with Crippen molar-refractivity contribution in [1.29, 1.82) is 0 Å². The molecule has 0 atom stereocenters. The average Bonchev–Trinajstić information content (AvgIpc) is 2.36. The molecule has 0 aliphatic rings. The number of aromatic nitrogens is 1. The Morgan fingerprint density at radius 1 is 1.26 bits per heavy atom. The summed E-state index contributed by atoms with van der Waals surface area (Å²) in [6, 6.07) is 3.98. The van der Waals surface area contributed by atoms with Crippen molar-refractivity contribution in [2.45, 2.75) is 0 Å². The first-order valence-corrected chi connectivity index (χ1v) is 5.09. The monoisotopic (exact) mass is 266 g/mol. The number of pyridine rings is 1. The van der Waals surface area contributed by atoms with Crippen LogP contribution >= 0.6 is 0 Å². The SMILES string of the molecule is Nc1cc(F)c(Oc2ccnc(C(=O)O)c2)cc1F. The molecule has 1 heterocycles. The minimum atomic E-state index is -1.26. The number of nitrogens with zero attached hydrogens (tertiary/aromatic N) is 1. The fourth-order valence-electron chi connectivity index (χ4n) is 1.34. The topological polar surface area (TPSA) is 85.4 Å². The minimum absolute atomic E-state index is 0.0236. The van der Waals surface area contributed by atoms with E-state index in [4.69, 9.17) is 15.6 Å². The zero-order valence-corrected chi connectivity index (χ0v) is 9.43. The van der Waals surface area contributed by atoms with Gasteiger partial charge in [0.15, 0.2) is 17.3 Å². The normalized spacial score (nSPS) is 10.2. The van der Waals surface area contributed by atoms with Gasteiger partial charge in [-0.15, -0.1) is 0 Å². The zero-order valence-electron chi connectivity index (χ0n) is 9.43. The van der Waals surface area contributed by atoms with Gasteiger partial charge in [-0.25, -0.2) is 18.6 Å². The average molecular weight is 266 g/mol. The molecule has 2 aromatic rings. The number of anilines is 1. The third-order valence-corrected chi connectivity index (χ3v) is 2.23. The number of carbonyl (C=O) groups is 1. The summed E-state index contributed by atoms with van der Waals surface area (Å²) in [5.41, 5.74) is 4.58. The van der Waals surface area contributed by atoms with E-state index in [1.807, 2.05) is 0 Å². The molecule has 2 rings (SSSR count). The van der Waals surface area contributed by atoms with E-state index in [1.54, 1.807) is 0 Å². The first-order valence-electron chi connectivity index (χ1n) is 5.09. The lowest BCUT2D eigenvalue weighted by Crippen LogP contribution is -2.00. The van der Waals surface area contributed by atoms with Gasteiger partial charge in [0, 0.05) is 24.4 Å². The van der Waals surface area contributed by atoms with Crippen LogP contribution in [0.4, 0.5) is 14.5 Å². The number of hydrogen-bond acceptors (Lipinski definition) is 4. The van der Waals surface area contributed by atoms with Crippen molar-refractivity contribution in [1.82, 2.24) is 4.98 Å². The first kappa shape index (κ1) is 12.7. The Kier molecular flexibility index (Phi) is 3.28. The number of nitrogen functional groups attached to an aromatic ring is 1. The maximum Gasteiger partial charge on any atom is 0.354 e. The molecule has 0 spiro atoms. The highest BCUT2D eigenvalue weighted by atomic mass is 19.1. The van der Waals surface area contributed by atoms with E-state index in [0.717, 1.165) is 18.2 Å². The second kappa shape index (κ2) is 4.89. The molecule has 0 aliphatic carbocycles. The maximum atomic E-state index is 13.5. The van der Waals surface area contributed by atoms with Crippen LogP contribution in [0.15, 0.2) is 30.5 Å². The highest BCUT2D eigenvalue weighted by Crippen LogP contribution is 2.27. The van der Waals surface area contributed by atoms with Crippen LogP contribution in [0.1, 0.15) is 10.5 Å². The molecular formula is C12H8F2N2O3. The van der Waals surface area contributed by atoms with Gasteiger partial charge < -0.3 is 15.6 Å². The Balaban J connectivity index is 2.33. The van der Waals surface area contributed by atoms with Crippen LogP contribution in [0.25, 0.3) is 0 Å². The third kappa shape index (κ3) is 2.76. The van der Waals surface area contributed by atoms with E-state index in [1.165, 1.54) is 12.3 Å². The van der Waals surface area contributed by atoms with Gasteiger partial charge in [0.1, 0.15) is 11.6 Å². The fraction of sp³-hybridized carbons (Fsp3) is 0. The van der Waals surface area contributed by atoms with Gasteiger partial charge in [-0.05, 0) is 6.07 Å². The van der Waals surface area contributed by atoms with Gasteiger partial charge in [0.05, 0.1) is 5.69 Å². The second-order valence-corrected chi connectivity index (χ2v) is 3.59. The van der Waals surface area contributed by atoms with E-state index in [-0.39, 0.29) is 17.1 Å². The summed E-state index contributed by atoms with van der Waals surface area (Å²) >= 11 is 0. The molecule has 0 saturated heterocycles. The van der Waals surface area contributed by atoms with Crippen molar-refractivity contribution < 1.29 is 23.4 Å². The summed E-state index contributed by atoms with van der Waals surface area (Å²) in [4.78, 5) is 14.3. The van der Waals surface area contributed by atoms with Crippen molar-refractivity contribution in [2.24, 2.45) is 0 Å². The molecule has 0 radical (unpaired) electrons. The van der Waals surface area contributed by atoms with Crippen molar-refractivity contribution in [3.8, 4) is 11.5 Å². The number of halogens is 2. The van der Waals surface area contributed by atoms with Gasteiger partial charge in [-0.2, -0.15) is 0 Å². The zero-order chi connectivity index (χ0) is 14.0. The van der Waals surface area contributed by atoms with Crippen molar-refractivity contribution >= 4 is 11.7 Å². The molecule has 0 saturated carbocycles. The van der Waals surface area contributed by atoms with Crippen LogP contribution in [0.3, 0.4) is 0 Å². The van der Waals surface area contributed by atoms with Crippen LogP contribution in [0.5, 0.6) is 11.5 Å². The van der Waals surface area contributed by atoms with Crippen molar-refractivity contribution in [3.63, 3.8) is 0 Å². The largest absolute Gasteiger partial charge is 0.477 e. The summed E-state index contributed by atoms with van der Waals surface area (Å²) in [6.45, 7) is 0. The van der Waals surface area contributed by atoms with Gasteiger partial charge in [0.2, 0.25) is 0 Å². The molecule has 0 bridgehead atoms.